The van der Waals surface area contributed by atoms with Crippen molar-refractivity contribution in [3.8, 4) is 28.5 Å². The number of anilines is 1. The molecule has 0 bridgehead atoms. The largest absolute Gasteiger partial charge is 0.325 e. The normalized spacial score (nSPS) is 12.4. The van der Waals surface area contributed by atoms with Crippen molar-refractivity contribution in [3.63, 3.8) is 0 Å². The van der Waals surface area contributed by atoms with E-state index in [-0.39, 0.29) is 11.1 Å². The molecule has 1 aliphatic carbocycles. The van der Waals surface area contributed by atoms with Crippen LogP contribution in [0.4, 0.5) is 10.1 Å². The molecule has 184 valence electrons. The van der Waals surface area contributed by atoms with E-state index in [4.69, 9.17) is 0 Å². The molecule has 1 amide bonds. The smallest absolute Gasteiger partial charge is 0.249 e. The monoisotopic (exact) mass is 492 g/mol. The molecule has 3 aromatic carbocycles. The van der Waals surface area contributed by atoms with Gasteiger partial charge in [-0.2, -0.15) is 5.26 Å². The summed E-state index contributed by atoms with van der Waals surface area (Å²) in [5.74, 6) is -3.50. The molecule has 3 aromatic rings. The first-order valence-corrected chi connectivity index (χ1v) is 11.9. The molecular formula is C30H25FN4O2. The number of amides is 1. The number of aromatic nitrogens is 2. The lowest BCUT2D eigenvalue weighted by Crippen LogP contribution is -2.29. The number of nitriles is 1. The van der Waals surface area contributed by atoms with Crippen molar-refractivity contribution in [1.29, 1.82) is 5.26 Å². The van der Waals surface area contributed by atoms with Crippen LogP contribution in [0.3, 0.4) is 0 Å². The van der Waals surface area contributed by atoms with E-state index in [2.05, 4.69) is 54.5 Å². The molecule has 0 saturated carbocycles. The number of nitrogens with one attached hydrogen (secondary N) is 3. The number of carbonyl (C=O) groups is 2. The summed E-state index contributed by atoms with van der Waals surface area (Å²) in [6.07, 6.45) is 0. The number of aromatic amines is 2. The van der Waals surface area contributed by atoms with Crippen LogP contribution in [0, 0.1) is 23.1 Å². The van der Waals surface area contributed by atoms with E-state index in [1.165, 1.54) is 24.3 Å². The maximum atomic E-state index is 13.6. The number of rotatable bonds is 5. The Morgan fingerprint density at radius 1 is 0.919 bits per heavy atom. The number of hydrogen-bond acceptors (Lipinski definition) is 3. The third kappa shape index (κ3) is 4.27. The van der Waals surface area contributed by atoms with Gasteiger partial charge in [-0.15, -0.1) is 0 Å². The minimum absolute atomic E-state index is 0.0794. The first-order chi connectivity index (χ1) is 17.7. The number of Topliss-reactive ketones (excluding diaryl/α,β-unsaturated/α-hetero) is 1. The minimum Gasteiger partial charge on any atom is -0.325 e. The average Bonchev–Trinajstić information content (AvgIpc) is 3.44. The molecule has 6 nitrogen and oxygen atoms in total. The molecule has 1 heterocycles. The predicted molar refractivity (Wildman–Crippen MR) is 142 cm³/mol. The van der Waals surface area contributed by atoms with Gasteiger partial charge < -0.3 is 5.32 Å². The highest BCUT2D eigenvalue weighted by Crippen LogP contribution is 2.47. The molecule has 1 atom stereocenters. The third-order valence-electron chi connectivity index (χ3n) is 6.56. The summed E-state index contributed by atoms with van der Waals surface area (Å²) in [6.45, 7) is 6.42. The van der Waals surface area contributed by atoms with Gasteiger partial charge >= 0.3 is 0 Å². The van der Waals surface area contributed by atoms with Crippen LogP contribution in [0.2, 0.25) is 0 Å². The van der Waals surface area contributed by atoms with Crippen LogP contribution in [0.25, 0.3) is 33.2 Å². The summed E-state index contributed by atoms with van der Waals surface area (Å²) in [7, 11) is 0. The molecule has 7 heteroatoms. The van der Waals surface area contributed by atoms with Gasteiger partial charge in [0, 0.05) is 22.2 Å². The number of fused-ring (bicyclic) bond motifs is 3. The molecule has 1 unspecified atom stereocenters. The van der Waals surface area contributed by atoms with Gasteiger partial charge in [-0.05, 0) is 52.3 Å². The van der Waals surface area contributed by atoms with Gasteiger partial charge in [-0.3, -0.25) is 19.8 Å². The van der Waals surface area contributed by atoms with E-state index in [0.29, 0.717) is 11.3 Å². The lowest BCUT2D eigenvalue weighted by atomic mass is 9.86. The van der Waals surface area contributed by atoms with Crippen molar-refractivity contribution in [3.05, 3.63) is 89.9 Å². The first kappa shape index (κ1) is 24.0. The van der Waals surface area contributed by atoms with Crippen molar-refractivity contribution in [2.75, 3.05) is 5.32 Å². The topological polar surface area (TPSA) is 102 Å². The molecule has 1 aliphatic heterocycles. The second-order valence-electron chi connectivity index (χ2n) is 10.0. The van der Waals surface area contributed by atoms with Gasteiger partial charge in [0.25, 0.3) is 0 Å². The Labute approximate surface area is 213 Å². The number of ketones is 1. The Hall–Kier alpha value is -4.70. The van der Waals surface area contributed by atoms with Crippen LogP contribution >= 0.6 is 0 Å². The van der Waals surface area contributed by atoms with Crippen LogP contribution in [0.1, 0.15) is 36.8 Å². The van der Waals surface area contributed by atoms with Crippen LogP contribution in [-0.4, -0.2) is 21.9 Å². The number of carbonyl (C=O) groups excluding carboxylic acids is 2. The SMILES string of the molecule is CC(C)(C)c1ccc2c(-c3ccccc3)c3c(C(=O)C(C#N)C(=O)Nc4ccc(F)cc4)[nH][nH]c-3c2c1. The molecule has 0 fully saturated rings. The number of H-pyrrole nitrogens is 2. The summed E-state index contributed by atoms with van der Waals surface area (Å²) >= 11 is 0. The summed E-state index contributed by atoms with van der Waals surface area (Å²) in [6, 6.07) is 22.9. The maximum absolute atomic E-state index is 13.6. The van der Waals surface area contributed by atoms with E-state index in [9.17, 15) is 19.2 Å². The highest BCUT2D eigenvalue weighted by Gasteiger charge is 2.34. The van der Waals surface area contributed by atoms with E-state index in [0.717, 1.165) is 33.2 Å². The van der Waals surface area contributed by atoms with Crippen LogP contribution in [-0.2, 0) is 10.2 Å². The first-order valence-electron chi connectivity index (χ1n) is 11.9. The van der Waals surface area contributed by atoms with Crippen molar-refractivity contribution in [1.82, 2.24) is 10.2 Å². The standard InChI is InChI=1S/C30H25FN4O2/c1-30(2,3)18-9-14-21-22(15-18)26-25(24(21)17-7-5-4-6-8-17)27(35-34-26)28(36)23(16-32)29(37)33-20-12-10-19(31)11-13-20/h4-15,23,34-35H,1-3H3,(H,33,37). The molecule has 0 spiro atoms. The van der Waals surface area contributed by atoms with Crippen molar-refractivity contribution in [2.24, 2.45) is 5.92 Å². The molecule has 37 heavy (non-hydrogen) atoms. The van der Waals surface area contributed by atoms with Gasteiger partial charge in [0.05, 0.1) is 11.8 Å². The predicted octanol–water partition coefficient (Wildman–Crippen LogP) is 6.67. The highest BCUT2D eigenvalue weighted by molar-refractivity contribution is 6.22. The lowest BCUT2D eigenvalue weighted by Gasteiger charge is -2.19. The van der Waals surface area contributed by atoms with Gasteiger partial charge in [0.15, 0.2) is 5.92 Å². The summed E-state index contributed by atoms with van der Waals surface area (Å²) in [5, 5.41) is 20.3. The number of hydrogen-bond donors (Lipinski definition) is 3. The second kappa shape index (κ2) is 9.07. The number of halogens is 1. The van der Waals surface area contributed by atoms with Crippen LogP contribution in [0.5, 0.6) is 0 Å². The van der Waals surface area contributed by atoms with E-state index in [1.54, 1.807) is 0 Å². The van der Waals surface area contributed by atoms with Gasteiger partial charge in [-0.25, -0.2) is 4.39 Å². The quantitative estimate of drug-likeness (QED) is 0.189. The van der Waals surface area contributed by atoms with E-state index >= 15 is 0 Å². The Morgan fingerprint density at radius 2 is 1.62 bits per heavy atom. The zero-order valence-electron chi connectivity index (χ0n) is 20.6. The molecule has 0 aromatic heterocycles. The molecule has 0 saturated heterocycles. The number of nitrogens with zero attached hydrogens (tertiary/aromatic N) is 1. The fourth-order valence-corrected chi connectivity index (χ4v) is 4.62. The van der Waals surface area contributed by atoms with Crippen molar-refractivity contribution < 1.29 is 14.0 Å². The van der Waals surface area contributed by atoms with Gasteiger partial charge in [0.1, 0.15) is 11.5 Å². The highest BCUT2D eigenvalue weighted by atomic mass is 19.1. The third-order valence-corrected chi connectivity index (χ3v) is 6.56. The van der Waals surface area contributed by atoms with Crippen molar-refractivity contribution in [2.45, 2.75) is 26.2 Å². The molecule has 2 aliphatic rings. The molecule has 0 radical (unpaired) electrons. The van der Waals surface area contributed by atoms with E-state index < -0.39 is 23.4 Å². The Balaban J connectivity index is 1.62. The summed E-state index contributed by atoms with van der Waals surface area (Å²) in [4.78, 5) is 26.5. The maximum Gasteiger partial charge on any atom is 0.249 e. The fourth-order valence-electron chi connectivity index (χ4n) is 4.62. The van der Waals surface area contributed by atoms with Gasteiger partial charge in [0.2, 0.25) is 11.7 Å². The lowest BCUT2D eigenvalue weighted by molar-refractivity contribution is -0.117. The fraction of sp³-hybridized carbons (Fsp3) is 0.167. The zero-order valence-corrected chi connectivity index (χ0v) is 20.6. The average molecular weight is 493 g/mol. The molecule has 3 N–H and O–H groups in total. The van der Waals surface area contributed by atoms with Crippen LogP contribution < -0.4 is 5.32 Å². The zero-order chi connectivity index (χ0) is 26.3. The van der Waals surface area contributed by atoms with Gasteiger partial charge in [-0.1, -0.05) is 63.2 Å². The van der Waals surface area contributed by atoms with Crippen LogP contribution in [0.15, 0.2) is 72.8 Å². The minimum atomic E-state index is -1.60. The Kier molecular flexibility index (Phi) is 5.88. The molecular weight excluding hydrogens is 467 g/mol. The summed E-state index contributed by atoms with van der Waals surface area (Å²) < 4.78 is 13.2. The van der Waals surface area contributed by atoms with E-state index in [1.807, 2.05) is 36.4 Å². The Bertz CT molecular complexity index is 1630. The Morgan fingerprint density at radius 3 is 2.27 bits per heavy atom. The summed E-state index contributed by atoms with van der Waals surface area (Å²) in [5.41, 5.74) is 4.64. The number of benzene rings is 3. The van der Waals surface area contributed by atoms with Crippen molar-refractivity contribution >= 4 is 28.2 Å². The molecule has 5 rings (SSSR count). The second-order valence-corrected chi connectivity index (χ2v) is 10.0.